The highest BCUT2D eigenvalue weighted by atomic mass is 35.5. The molecule has 2 rings (SSSR count). The van der Waals surface area contributed by atoms with Crippen molar-refractivity contribution in [2.45, 2.75) is 0 Å². The molecule has 0 aliphatic rings. The Morgan fingerprint density at radius 2 is 1.94 bits per heavy atom. The topological polar surface area (TPSA) is 54.0 Å². The molecule has 0 aliphatic heterocycles. The largest absolute Gasteiger partial charge is 0.376 e. The zero-order chi connectivity index (χ0) is 12.8. The van der Waals surface area contributed by atoms with Gasteiger partial charge in [0.25, 0.3) is 0 Å². The van der Waals surface area contributed by atoms with E-state index in [4.69, 9.17) is 11.6 Å². The summed E-state index contributed by atoms with van der Waals surface area (Å²) < 4.78 is 0. The molecule has 4 nitrogen and oxygen atoms in total. The van der Waals surface area contributed by atoms with Gasteiger partial charge >= 0.3 is 0 Å². The molecule has 1 aromatic carbocycles. The number of rotatable bonds is 4. The highest BCUT2D eigenvalue weighted by Gasteiger charge is 2.02. The molecule has 0 saturated heterocycles. The van der Waals surface area contributed by atoms with Gasteiger partial charge in [-0.2, -0.15) is 0 Å². The number of benzene rings is 1. The van der Waals surface area contributed by atoms with Crippen molar-refractivity contribution in [2.75, 3.05) is 17.2 Å². The van der Waals surface area contributed by atoms with Crippen LogP contribution < -0.4 is 10.6 Å². The van der Waals surface area contributed by atoms with E-state index in [0.717, 1.165) is 5.69 Å². The molecule has 0 unspecified atom stereocenters. The van der Waals surface area contributed by atoms with Crippen LogP contribution in [0.25, 0.3) is 0 Å². The molecule has 2 N–H and O–H groups in total. The molecule has 0 bridgehead atoms. The number of hydrogen-bond acceptors (Lipinski definition) is 3. The van der Waals surface area contributed by atoms with E-state index in [1.165, 1.54) is 0 Å². The Morgan fingerprint density at radius 3 is 2.67 bits per heavy atom. The van der Waals surface area contributed by atoms with Gasteiger partial charge in [-0.1, -0.05) is 29.8 Å². The minimum Gasteiger partial charge on any atom is -0.376 e. The molecule has 18 heavy (non-hydrogen) atoms. The van der Waals surface area contributed by atoms with Crippen molar-refractivity contribution in [1.29, 1.82) is 0 Å². The predicted octanol–water partition coefficient (Wildman–Crippen LogP) is 2.79. The smallest absolute Gasteiger partial charge is 0.243 e. The lowest BCUT2D eigenvalue weighted by Gasteiger charge is -2.07. The molecule has 92 valence electrons. The molecule has 2 aromatic rings. The number of carbonyl (C=O) groups is 1. The van der Waals surface area contributed by atoms with Crippen LogP contribution >= 0.6 is 11.6 Å². The lowest BCUT2D eigenvalue weighted by Crippen LogP contribution is -2.21. The van der Waals surface area contributed by atoms with Crippen molar-refractivity contribution in [3.8, 4) is 0 Å². The summed E-state index contributed by atoms with van der Waals surface area (Å²) in [7, 11) is 0. The van der Waals surface area contributed by atoms with Crippen LogP contribution in [0.5, 0.6) is 0 Å². The summed E-state index contributed by atoms with van der Waals surface area (Å²) in [5.41, 5.74) is 1.54. The molecular formula is C13H12ClN3O. The summed E-state index contributed by atoms with van der Waals surface area (Å²) in [6.45, 7) is 0.198. The summed E-state index contributed by atoms with van der Waals surface area (Å²) >= 11 is 5.72. The van der Waals surface area contributed by atoms with Gasteiger partial charge in [0.05, 0.1) is 6.54 Å². The van der Waals surface area contributed by atoms with Gasteiger partial charge in [-0.25, -0.2) is 4.98 Å². The number of nitrogens with one attached hydrogen (secondary N) is 2. The summed E-state index contributed by atoms with van der Waals surface area (Å²) in [4.78, 5) is 15.5. The molecule has 1 amide bonds. The fourth-order valence-corrected chi connectivity index (χ4v) is 1.60. The van der Waals surface area contributed by atoms with Gasteiger partial charge in [-0.3, -0.25) is 4.79 Å². The minimum atomic E-state index is -0.138. The quantitative estimate of drug-likeness (QED) is 0.832. The molecule has 0 aliphatic carbocycles. The maximum absolute atomic E-state index is 11.7. The molecule has 1 heterocycles. The molecule has 0 spiro atoms. The maximum atomic E-state index is 11.7. The number of carbonyl (C=O) groups excluding carboxylic acids is 1. The molecule has 0 saturated carbocycles. The van der Waals surface area contributed by atoms with Gasteiger partial charge in [-0.15, -0.1) is 0 Å². The standard InChI is InChI=1S/C13H12ClN3O/c14-12-8-11(6-7-15-12)17-13(18)9-16-10-4-2-1-3-5-10/h1-8,16H,9H2,(H,15,17,18). The number of para-hydroxylation sites is 1. The van der Waals surface area contributed by atoms with Gasteiger partial charge in [0.1, 0.15) is 5.15 Å². The van der Waals surface area contributed by atoms with E-state index < -0.39 is 0 Å². The Balaban J connectivity index is 1.86. The van der Waals surface area contributed by atoms with Crippen molar-refractivity contribution in [3.63, 3.8) is 0 Å². The van der Waals surface area contributed by atoms with E-state index in [-0.39, 0.29) is 12.5 Å². The average molecular weight is 262 g/mol. The Kier molecular flexibility index (Phi) is 4.15. The van der Waals surface area contributed by atoms with E-state index in [1.54, 1.807) is 18.3 Å². The minimum absolute atomic E-state index is 0.138. The van der Waals surface area contributed by atoms with E-state index in [1.807, 2.05) is 30.3 Å². The second-order valence-electron chi connectivity index (χ2n) is 3.63. The SMILES string of the molecule is O=C(CNc1ccccc1)Nc1ccnc(Cl)c1. The summed E-state index contributed by atoms with van der Waals surface area (Å²) in [5, 5.41) is 6.10. The number of nitrogens with zero attached hydrogens (tertiary/aromatic N) is 1. The normalized spacial score (nSPS) is 9.83. The van der Waals surface area contributed by atoms with Crippen LogP contribution in [0.3, 0.4) is 0 Å². The van der Waals surface area contributed by atoms with Crippen LogP contribution in [0.2, 0.25) is 5.15 Å². The van der Waals surface area contributed by atoms with E-state index in [0.29, 0.717) is 10.8 Å². The molecule has 5 heteroatoms. The second-order valence-corrected chi connectivity index (χ2v) is 4.02. The zero-order valence-electron chi connectivity index (χ0n) is 9.56. The zero-order valence-corrected chi connectivity index (χ0v) is 10.3. The number of halogens is 1. The first-order valence-corrected chi connectivity index (χ1v) is 5.82. The van der Waals surface area contributed by atoms with Crippen LogP contribution in [0, 0.1) is 0 Å². The van der Waals surface area contributed by atoms with Crippen molar-refractivity contribution in [3.05, 3.63) is 53.8 Å². The molecule has 0 fully saturated rings. The van der Waals surface area contributed by atoms with Gasteiger partial charge in [0, 0.05) is 17.6 Å². The third kappa shape index (κ3) is 3.75. The highest BCUT2D eigenvalue weighted by Crippen LogP contribution is 2.11. The first-order valence-electron chi connectivity index (χ1n) is 5.44. The lowest BCUT2D eigenvalue weighted by molar-refractivity contribution is -0.114. The van der Waals surface area contributed by atoms with Gasteiger partial charge in [-0.05, 0) is 24.3 Å². The fourth-order valence-electron chi connectivity index (χ4n) is 1.42. The Labute approximate surface area is 110 Å². The summed E-state index contributed by atoms with van der Waals surface area (Å²) in [6, 6.07) is 12.8. The molecule has 0 atom stereocenters. The number of pyridine rings is 1. The number of amides is 1. The van der Waals surface area contributed by atoms with E-state index >= 15 is 0 Å². The van der Waals surface area contributed by atoms with Crippen LogP contribution in [-0.2, 0) is 4.79 Å². The molecular weight excluding hydrogens is 250 g/mol. The first-order chi connectivity index (χ1) is 8.74. The van der Waals surface area contributed by atoms with Crippen LogP contribution in [0.1, 0.15) is 0 Å². The second kappa shape index (κ2) is 6.02. The average Bonchev–Trinajstić information content (AvgIpc) is 2.38. The number of anilines is 2. The van der Waals surface area contributed by atoms with E-state index in [9.17, 15) is 4.79 Å². The number of aromatic nitrogens is 1. The molecule has 0 radical (unpaired) electrons. The third-order valence-electron chi connectivity index (χ3n) is 2.24. The van der Waals surface area contributed by atoms with Crippen molar-refractivity contribution in [1.82, 2.24) is 4.98 Å². The monoisotopic (exact) mass is 261 g/mol. The lowest BCUT2D eigenvalue weighted by atomic mass is 10.3. The van der Waals surface area contributed by atoms with Crippen molar-refractivity contribution < 1.29 is 4.79 Å². The Morgan fingerprint density at radius 1 is 1.17 bits per heavy atom. The van der Waals surface area contributed by atoms with Crippen molar-refractivity contribution >= 4 is 28.9 Å². The van der Waals surface area contributed by atoms with E-state index in [2.05, 4.69) is 15.6 Å². The maximum Gasteiger partial charge on any atom is 0.243 e. The predicted molar refractivity (Wildman–Crippen MR) is 72.8 cm³/mol. The highest BCUT2D eigenvalue weighted by molar-refractivity contribution is 6.29. The number of hydrogen-bond donors (Lipinski definition) is 2. The van der Waals surface area contributed by atoms with Crippen LogP contribution in [0.15, 0.2) is 48.7 Å². The van der Waals surface area contributed by atoms with Gasteiger partial charge in [0.2, 0.25) is 5.91 Å². The molecule has 1 aromatic heterocycles. The van der Waals surface area contributed by atoms with Crippen molar-refractivity contribution in [2.24, 2.45) is 0 Å². The van der Waals surface area contributed by atoms with Crippen LogP contribution in [0.4, 0.5) is 11.4 Å². The van der Waals surface area contributed by atoms with Gasteiger partial charge < -0.3 is 10.6 Å². The Bertz CT molecular complexity index is 531. The summed E-state index contributed by atoms with van der Waals surface area (Å²) in [6.07, 6.45) is 1.54. The summed E-state index contributed by atoms with van der Waals surface area (Å²) in [5.74, 6) is -0.138. The van der Waals surface area contributed by atoms with Crippen LogP contribution in [-0.4, -0.2) is 17.4 Å². The third-order valence-corrected chi connectivity index (χ3v) is 2.44. The van der Waals surface area contributed by atoms with Gasteiger partial charge in [0.15, 0.2) is 0 Å². The Hall–Kier alpha value is -2.07. The first kappa shape index (κ1) is 12.4. The fraction of sp³-hybridized carbons (Fsp3) is 0.0769.